The highest BCUT2D eigenvalue weighted by molar-refractivity contribution is 5.11. The van der Waals surface area contributed by atoms with E-state index in [0.29, 0.717) is 6.61 Å². The van der Waals surface area contributed by atoms with Gasteiger partial charge in [0, 0.05) is 6.42 Å². The molecule has 1 aliphatic heterocycles. The van der Waals surface area contributed by atoms with Crippen LogP contribution in [0.2, 0.25) is 0 Å². The minimum absolute atomic E-state index is 0.0986. The van der Waals surface area contributed by atoms with Gasteiger partial charge in [0.05, 0.1) is 12.2 Å². The van der Waals surface area contributed by atoms with Crippen molar-refractivity contribution in [2.24, 2.45) is 0 Å². The van der Waals surface area contributed by atoms with Gasteiger partial charge in [-0.2, -0.15) is 0 Å². The molecule has 1 unspecified atom stereocenters. The molecule has 0 aliphatic carbocycles. The summed E-state index contributed by atoms with van der Waals surface area (Å²) in [7, 11) is 0. The normalized spacial score (nSPS) is 27.2. The highest BCUT2D eigenvalue weighted by Gasteiger charge is 2.31. The Morgan fingerprint density at radius 3 is 2.92 bits per heavy atom. The molecule has 13 heavy (non-hydrogen) atoms. The van der Waals surface area contributed by atoms with Crippen molar-refractivity contribution in [2.45, 2.75) is 38.6 Å². The average Bonchev–Trinajstić information content (AvgIpc) is 2.07. The fraction of sp³-hybridized carbons (Fsp3) is 0.636. The molecule has 0 saturated carbocycles. The summed E-state index contributed by atoms with van der Waals surface area (Å²) in [4.78, 5) is 0. The van der Waals surface area contributed by atoms with Gasteiger partial charge in [0.1, 0.15) is 0 Å². The molecule has 2 heteroatoms. The Hall–Kier alpha value is -0.600. The molecule has 1 fully saturated rings. The third-order valence-electron chi connectivity index (χ3n) is 2.36. The molecule has 0 aromatic rings. The molecule has 1 rings (SSSR count). The summed E-state index contributed by atoms with van der Waals surface area (Å²) in [5.41, 5.74) is 0.898. The second kappa shape index (κ2) is 4.07. The van der Waals surface area contributed by atoms with Crippen molar-refractivity contribution in [3.05, 3.63) is 24.8 Å². The molecule has 1 atom stereocenters. The standard InChI is InChI=1S/C11H18O2/c1-5-8-12-10-7-6-9(2)11(3,4)13-10/h5,10H,1-2,6-8H2,3-4H3. The molecule has 1 saturated heterocycles. The van der Waals surface area contributed by atoms with Crippen LogP contribution in [0.1, 0.15) is 26.7 Å². The molecule has 2 nitrogen and oxygen atoms in total. The summed E-state index contributed by atoms with van der Waals surface area (Å²) in [6.45, 7) is 12.2. The summed E-state index contributed by atoms with van der Waals surface area (Å²) in [6.07, 6.45) is 3.52. The summed E-state index contributed by atoms with van der Waals surface area (Å²) in [6, 6.07) is 0. The van der Waals surface area contributed by atoms with Crippen molar-refractivity contribution < 1.29 is 9.47 Å². The fourth-order valence-corrected chi connectivity index (χ4v) is 1.36. The zero-order chi connectivity index (χ0) is 9.90. The van der Waals surface area contributed by atoms with Gasteiger partial charge in [-0.25, -0.2) is 0 Å². The van der Waals surface area contributed by atoms with Crippen LogP contribution in [0.25, 0.3) is 0 Å². The monoisotopic (exact) mass is 182 g/mol. The van der Waals surface area contributed by atoms with Crippen LogP contribution in [-0.4, -0.2) is 18.5 Å². The highest BCUT2D eigenvalue weighted by atomic mass is 16.7. The summed E-state index contributed by atoms with van der Waals surface area (Å²) in [5, 5.41) is 0. The van der Waals surface area contributed by atoms with E-state index in [0.717, 1.165) is 18.4 Å². The van der Waals surface area contributed by atoms with Gasteiger partial charge in [-0.05, 0) is 25.8 Å². The molecule has 0 spiro atoms. The van der Waals surface area contributed by atoms with Crippen LogP contribution in [0.3, 0.4) is 0 Å². The van der Waals surface area contributed by atoms with Crippen molar-refractivity contribution in [3.8, 4) is 0 Å². The van der Waals surface area contributed by atoms with Gasteiger partial charge in [0.25, 0.3) is 0 Å². The second-order valence-corrected chi connectivity index (χ2v) is 3.82. The number of rotatable bonds is 3. The van der Waals surface area contributed by atoms with Crippen LogP contribution >= 0.6 is 0 Å². The minimum atomic E-state index is -0.246. The van der Waals surface area contributed by atoms with Gasteiger partial charge in [0.2, 0.25) is 0 Å². The van der Waals surface area contributed by atoms with Crippen LogP contribution in [0, 0.1) is 0 Å². The van der Waals surface area contributed by atoms with E-state index in [9.17, 15) is 0 Å². The number of hydrogen-bond donors (Lipinski definition) is 0. The lowest BCUT2D eigenvalue weighted by molar-refractivity contribution is -0.200. The van der Waals surface area contributed by atoms with E-state index in [1.165, 1.54) is 0 Å². The average molecular weight is 182 g/mol. The summed E-state index contributed by atoms with van der Waals surface area (Å²) in [5.74, 6) is 0. The Morgan fingerprint density at radius 2 is 2.38 bits per heavy atom. The third-order valence-corrected chi connectivity index (χ3v) is 2.36. The molecule has 0 radical (unpaired) electrons. The molecule has 0 amide bonds. The number of ether oxygens (including phenoxy) is 2. The Kier molecular flexibility index (Phi) is 3.28. The lowest BCUT2D eigenvalue weighted by atomic mass is 9.92. The van der Waals surface area contributed by atoms with Crippen LogP contribution in [0.4, 0.5) is 0 Å². The van der Waals surface area contributed by atoms with Crippen LogP contribution < -0.4 is 0 Å². The predicted molar refractivity (Wildman–Crippen MR) is 53.5 cm³/mol. The van der Waals surface area contributed by atoms with Gasteiger partial charge in [-0.3, -0.25) is 0 Å². The fourth-order valence-electron chi connectivity index (χ4n) is 1.36. The Labute approximate surface area is 80.2 Å². The highest BCUT2D eigenvalue weighted by Crippen LogP contribution is 2.32. The van der Waals surface area contributed by atoms with Crippen molar-refractivity contribution in [1.29, 1.82) is 0 Å². The zero-order valence-electron chi connectivity index (χ0n) is 8.51. The smallest absolute Gasteiger partial charge is 0.159 e. The molecule has 0 bridgehead atoms. The Balaban J connectivity index is 2.45. The zero-order valence-corrected chi connectivity index (χ0v) is 8.51. The van der Waals surface area contributed by atoms with E-state index in [4.69, 9.17) is 9.47 Å². The van der Waals surface area contributed by atoms with E-state index in [1.807, 2.05) is 13.8 Å². The van der Waals surface area contributed by atoms with E-state index in [2.05, 4.69) is 13.2 Å². The third kappa shape index (κ3) is 2.68. The van der Waals surface area contributed by atoms with Crippen LogP contribution in [0.5, 0.6) is 0 Å². The Bertz CT molecular complexity index is 204. The number of hydrogen-bond acceptors (Lipinski definition) is 2. The SMILES string of the molecule is C=CCOC1CCC(=C)C(C)(C)O1. The van der Waals surface area contributed by atoms with E-state index < -0.39 is 0 Å². The summed E-state index contributed by atoms with van der Waals surface area (Å²) >= 11 is 0. The van der Waals surface area contributed by atoms with Gasteiger partial charge >= 0.3 is 0 Å². The first-order chi connectivity index (χ1) is 6.06. The first-order valence-electron chi connectivity index (χ1n) is 4.65. The van der Waals surface area contributed by atoms with E-state index in [-0.39, 0.29) is 11.9 Å². The lowest BCUT2D eigenvalue weighted by Gasteiger charge is -2.37. The largest absolute Gasteiger partial charge is 0.349 e. The quantitative estimate of drug-likeness (QED) is 0.625. The van der Waals surface area contributed by atoms with Crippen molar-refractivity contribution in [2.75, 3.05) is 6.61 Å². The van der Waals surface area contributed by atoms with Crippen molar-refractivity contribution in [1.82, 2.24) is 0 Å². The Morgan fingerprint density at radius 1 is 1.69 bits per heavy atom. The van der Waals surface area contributed by atoms with Crippen molar-refractivity contribution >= 4 is 0 Å². The maximum atomic E-state index is 5.72. The molecule has 74 valence electrons. The molecule has 1 aliphatic rings. The molecular weight excluding hydrogens is 164 g/mol. The topological polar surface area (TPSA) is 18.5 Å². The molecule has 0 aromatic heterocycles. The molecule has 0 N–H and O–H groups in total. The second-order valence-electron chi connectivity index (χ2n) is 3.82. The summed E-state index contributed by atoms with van der Waals surface area (Å²) < 4.78 is 11.2. The maximum absolute atomic E-state index is 5.72. The molecule has 1 heterocycles. The van der Waals surface area contributed by atoms with Crippen LogP contribution in [-0.2, 0) is 9.47 Å². The van der Waals surface area contributed by atoms with Gasteiger partial charge in [-0.15, -0.1) is 6.58 Å². The first-order valence-corrected chi connectivity index (χ1v) is 4.65. The molecule has 0 aromatic carbocycles. The minimum Gasteiger partial charge on any atom is -0.349 e. The maximum Gasteiger partial charge on any atom is 0.159 e. The van der Waals surface area contributed by atoms with Crippen molar-refractivity contribution in [3.63, 3.8) is 0 Å². The predicted octanol–water partition coefficient (Wildman–Crippen LogP) is 2.66. The molecular formula is C11H18O2. The van der Waals surface area contributed by atoms with E-state index in [1.54, 1.807) is 6.08 Å². The van der Waals surface area contributed by atoms with E-state index >= 15 is 0 Å². The lowest BCUT2D eigenvalue weighted by Crippen LogP contribution is -2.38. The van der Waals surface area contributed by atoms with Crippen LogP contribution in [0.15, 0.2) is 24.8 Å². The van der Waals surface area contributed by atoms with Gasteiger partial charge < -0.3 is 9.47 Å². The first kappa shape index (κ1) is 10.5. The van der Waals surface area contributed by atoms with Gasteiger partial charge in [0.15, 0.2) is 6.29 Å². The van der Waals surface area contributed by atoms with Gasteiger partial charge in [-0.1, -0.05) is 12.7 Å².